The molecule has 5 nitrogen and oxygen atoms in total. The molecule has 0 saturated carbocycles. The van der Waals surface area contributed by atoms with E-state index in [0.29, 0.717) is 16.9 Å². The number of rotatable bonds is 6. The van der Waals surface area contributed by atoms with Crippen LogP contribution in [0.3, 0.4) is 0 Å². The standard InChI is InChI=1S/C19H15F3N2O3S2/c20-19(21,22)14-11-16(28-12-14)23-18(25)17(13-7-3-1-4-8-13)24-29(26,27)15-9-5-2-6-10-15/h1-12,17,24H,(H,23,25). The van der Waals surface area contributed by atoms with Crippen molar-refractivity contribution in [2.75, 3.05) is 5.32 Å². The lowest BCUT2D eigenvalue weighted by Gasteiger charge is -2.18. The van der Waals surface area contributed by atoms with Crippen LogP contribution >= 0.6 is 11.3 Å². The number of carbonyl (C=O) groups is 1. The summed E-state index contributed by atoms with van der Waals surface area (Å²) in [5.74, 6) is -0.800. The fraction of sp³-hybridized carbons (Fsp3) is 0.105. The van der Waals surface area contributed by atoms with Gasteiger partial charge in [0, 0.05) is 5.38 Å². The van der Waals surface area contributed by atoms with Crippen molar-refractivity contribution >= 4 is 32.3 Å². The molecule has 1 unspecified atom stereocenters. The van der Waals surface area contributed by atoms with Crippen LogP contribution < -0.4 is 10.0 Å². The third-order valence-electron chi connectivity index (χ3n) is 3.89. The number of hydrogen-bond donors (Lipinski definition) is 2. The number of thiophene rings is 1. The first-order chi connectivity index (χ1) is 13.7. The number of sulfonamides is 1. The fourth-order valence-corrected chi connectivity index (χ4v) is 4.50. The summed E-state index contributed by atoms with van der Waals surface area (Å²) in [5.41, 5.74) is -0.545. The number of amides is 1. The van der Waals surface area contributed by atoms with Gasteiger partial charge in [0.05, 0.1) is 15.5 Å². The maximum atomic E-state index is 12.8. The van der Waals surface area contributed by atoms with E-state index in [1.165, 1.54) is 24.3 Å². The molecule has 0 aliphatic rings. The number of halogens is 3. The van der Waals surface area contributed by atoms with Gasteiger partial charge in [0.1, 0.15) is 6.04 Å². The van der Waals surface area contributed by atoms with Gasteiger partial charge < -0.3 is 5.32 Å². The Labute approximate surface area is 169 Å². The monoisotopic (exact) mass is 440 g/mol. The molecule has 3 rings (SSSR count). The molecule has 0 fully saturated rings. The van der Waals surface area contributed by atoms with Gasteiger partial charge in [-0.15, -0.1) is 11.3 Å². The highest BCUT2D eigenvalue weighted by Crippen LogP contribution is 2.35. The number of hydrogen-bond acceptors (Lipinski definition) is 4. The molecule has 2 N–H and O–H groups in total. The molecule has 29 heavy (non-hydrogen) atoms. The molecule has 1 amide bonds. The van der Waals surface area contributed by atoms with Crippen molar-refractivity contribution in [1.29, 1.82) is 0 Å². The predicted molar refractivity (Wildman–Crippen MR) is 104 cm³/mol. The van der Waals surface area contributed by atoms with Gasteiger partial charge in [-0.25, -0.2) is 8.42 Å². The largest absolute Gasteiger partial charge is 0.417 e. The average molecular weight is 440 g/mol. The van der Waals surface area contributed by atoms with E-state index in [1.54, 1.807) is 36.4 Å². The summed E-state index contributed by atoms with van der Waals surface area (Å²) >= 11 is 0.703. The van der Waals surface area contributed by atoms with E-state index in [1.807, 2.05) is 0 Å². The first-order valence-corrected chi connectivity index (χ1v) is 10.6. The number of nitrogens with one attached hydrogen (secondary N) is 2. The fourth-order valence-electron chi connectivity index (χ4n) is 2.49. The molecule has 0 bridgehead atoms. The van der Waals surface area contributed by atoms with Crippen molar-refractivity contribution in [3.63, 3.8) is 0 Å². The minimum atomic E-state index is -4.53. The Balaban J connectivity index is 1.88. The second kappa shape index (κ2) is 8.36. The Kier molecular flexibility index (Phi) is 6.06. The van der Waals surface area contributed by atoms with Crippen LogP contribution in [0.5, 0.6) is 0 Å². The van der Waals surface area contributed by atoms with Crippen molar-refractivity contribution in [2.24, 2.45) is 0 Å². The molecule has 2 aromatic carbocycles. The number of carbonyl (C=O) groups excluding carboxylic acids is 1. The van der Waals surface area contributed by atoms with Crippen LogP contribution in [0, 0.1) is 0 Å². The van der Waals surface area contributed by atoms with E-state index in [4.69, 9.17) is 0 Å². The predicted octanol–water partition coefficient (Wildman–Crippen LogP) is 4.43. The Bertz CT molecular complexity index is 1080. The first-order valence-electron chi connectivity index (χ1n) is 8.26. The number of alkyl halides is 3. The second-order valence-corrected chi connectivity index (χ2v) is 8.59. The van der Waals surface area contributed by atoms with Crippen LogP contribution in [0.15, 0.2) is 77.0 Å². The SMILES string of the molecule is O=C(Nc1cc(C(F)(F)F)cs1)C(NS(=O)(=O)c1ccccc1)c1ccccc1. The van der Waals surface area contributed by atoms with Crippen molar-refractivity contribution < 1.29 is 26.4 Å². The third-order valence-corrected chi connectivity index (χ3v) is 6.18. The highest BCUT2D eigenvalue weighted by Gasteiger charge is 2.32. The highest BCUT2D eigenvalue weighted by atomic mass is 32.2. The quantitative estimate of drug-likeness (QED) is 0.596. The summed E-state index contributed by atoms with van der Waals surface area (Å²) in [4.78, 5) is 12.7. The average Bonchev–Trinajstić information content (AvgIpc) is 3.16. The Morgan fingerprint density at radius 2 is 1.55 bits per heavy atom. The molecule has 0 aliphatic heterocycles. The molecule has 0 aliphatic carbocycles. The molecule has 3 aromatic rings. The van der Waals surface area contributed by atoms with Gasteiger partial charge in [0.25, 0.3) is 0 Å². The van der Waals surface area contributed by atoms with Crippen molar-refractivity contribution in [3.05, 3.63) is 83.2 Å². The maximum Gasteiger partial charge on any atom is 0.417 e. The van der Waals surface area contributed by atoms with Crippen LogP contribution in [0.1, 0.15) is 17.2 Å². The molecule has 1 aromatic heterocycles. The van der Waals surface area contributed by atoms with Crippen LogP contribution in [-0.4, -0.2) is 14.3 Å². The molecular weight excluding hydrogens is 425 g/mol. The van der Waals surface area contributed by atoms with Crippen molar-refractivity contribution in [2.45, 2.75) is 17.1 Å². The van der Waals surface area contributed by atoms with E-state index >= 15 is 0 Å². The van der Waals surface area contributed by atoms with Gasteiger partial charge >= 0.3 is 6.18 Å². The van der Waals surface area contributed by atoms with E-state index < -0.39 is 33.7 Å². The Morgan fingerprint density at radius 3 is 2.10 bits per heavy atom. The van der Waals surface area contributed by atoms with Gasteiger partial charge in [-0.05, 0) is 23.8 Å². The summed E-state index contributed by atoms with van der Waals surface area (Å²) in [6, 6.07) is 15.0. The van der Waals surface area contributed by atoms with Gasteiger partial charge in [-0.1, -0.05) is 48.5 Å². The summed E-state index contributed by atoms with van der Waals surface area (Å²) in [6.07, 6.45) is -4.53. The molecule has 1 atom stereocenters. The van der Waals surface area contributed by atoms with Gasteiger partial charge in [0.2, 0.25) is 15.9 Å². The Hall–Kier alpha value is -2.69. The number of benzene rings is 2. The zero-order valence-electron chi connectivity index (χ0n) is 14.7. The zero-order chi connectivity index (χ0) is 21.1. The molecule has 1 heterocycles. The molecular formula is C19H15F3N2O3S2. The smallest absolute Gasteiger partial charge is 0.316 e. The van der Waals surface area contributed by atoms with E-state index in [2.05, 4.69) is 10.0 Å². The topological polar surface area (TPSA) is 75.3 Å². The summed E-state index contributed by atoms with van der Waals surface area (Å²) in [5, 5.41) is 3.20. The summed E-state index contributed by atoms with van der Waals surface area (Å²) in [7, 11) is -4.05. The summed E-state index contributed by atoms with van der Waals surface area (Å²) < 4.78 is 66.0. The van der Waals surface area contributed by atoms with Gasteiger partial charge in [-0.3, -0.25) is 4.79 Å². The first kappa shape index (κ1) is 21.0. The summed E-state index contributed by atoms with van der Waals surface area (Å²) in [6.45, 7) is 0. The van der Waals surface area contributed by atoms with Gasteiger partial charge in [0.15, 0.2) is 0 Å². The van der Waals surface area contributed by atoms with E-state index in [-0.39, 0.29) is 9.90 Å². The lowest BCUT2D eigenvalue weighted by Crippen LogP contribution is -2.36. The maximum absolute atomic E-state index is 12.8. The molecule has 0 saturated heterocycles. The minimum absolute atomic E-state index is 0.0378. The second-order valence-electron chi connectivity index (χ2n) is 5.96. The Morgan fingerprint density at radius 1 is 0.966 bits per heavy atom. The minimum Gasteiger partial charge on any atom is -0.316 e. The lowest BCUT2D eigenvalue weighted by atomic mass is 10.1. The van der Waals surface area contributed by atoms with Crippen LogP contribution in [0.25, 0.3) is 0 Å². The zero-order valence-corrected chi connectivity index (χ0v) is 16.3. The molecule has 0 spiro atoms. The molecule has 10 heteroatoms. The highest BCUT2D eigenvalue weighted by molar-refractivity contribution is 7.89. The van der Waals surface area contributed by atoms with E-state index in [9.17, 15) is 26.4 Å². The van der Waals surface area contributed by atoms with Crippen molar-refractivity contribution in [1.82, 2.24) is 4.72 Å². The third kappa shape index (κ3) is 5.22. The lowest BCUT2D eigenvalue weighted by molar-refractivity contribution is -0.137. The van der Waals surface area contributed by atoms with Crippen LogP contribution in [0.4, 0.5) is 18.2 Å². The molecule has 0 radical (unpaired) electrons. The van der Waals surface area contributed by atoms with Crippen molar-refractivity contribution in [3.8, 4) is 0 Å². The van der Waals surface area contributed by atoms with Crippen LogP contribution in [-0.2, 0) is 21.0 Å². The number of anilines is 1. The van der Waals surface area contributed by atoms with Crippen LogP contribution in [0.2, 0.25) is 0 Å². The van der Waals surface area contributed by atoms with E-state index in [0.717, 1.165) is 11.4 Å². The normalized spacial score (nSPS) is 13.1. The molecule has 152 valence electrons. The van der Waals surface area contributed by atoms with Gasteiger partial charge in [-0.2, -0.15) is 17.9 Å².